The molecular formula is H6AlCuDyGa. The van der Waals surface area contributed by atoms with Crippen LogP contribution in [0.2, 0.25) is 0 Å². The number of hydrogen-bond acceptors (Lipinski definition) is 0. The fourth-order valence-electron chi connectivity index (χ4n) is 0. The van der Waals surface area contributed by atoms with Gasteiger partial charge in [-0.25, -0.2) is 0 Å². The zero-order chi connectivity index (χ0) is 0. The quantitative estimate of drug-likeness (QED) is 0.436. The van der Waals surface area contributed by atoms with Crippen molar-refractivity contribution in [3.63, 3.8) is 0 Å². The van der Waals surface area contributed by atoms with Crippen LogP contribution in [0, 0.1) is 38.2 Å². The molecule has 0 aliphatic rings. The van der Waals surface area contributed by atoms with E-state index in [1.807, 2.05) is 0 Å². The Morgan fingerprint density at radius 1 is 1.00 bits per heavy atom. The maximum atomic E-state index is 0. The van der Waals surface area contributed by atoms with Crippen LogP contribution in [0.5, 0.6) is 0 Å². The third-order valence-electron chi connectivity index (χ3n) is 0. The minimum absolute atomic E-state index is 0. The molecule has 33 valence electrons. The van der Waals surface area contributed by atoms with Crippen molar-refractivity contribution < 1.29 is 55.2 Å². The molecular weight excluding hydrogens is 323 g/mol. The molecule has 0 aromatic heterocycles. The van der Waals surface area contributed by atoms with Crippen LogP contribution in [-0.4, -0.2) is 37.2 Å². The first-order valence-corrected chi connectivity index (χ1v) is 0. The van der Waals surface area contributed by atoms with Crippen LogP contribution in [0.1, 0.15) is 0 Å². The van der Waals surface area contributed by atoms with E-state index >= 15 is 0 Å². The van der Waals surface area contributed by atoms with E-state index in [-0.39, 0.29) is 92.4 Å². The molecule has 0 unspecified atom stereocenters. The Kier molecular flexibility index (Phi) is 118. The van der Waals surface area contributed by atoms with Crippen molar-refractivity contribution in [2.24, 2.45) is 0 Å². The Morgan fingerprint density at radius 3 is 1.00 bits per heavy atom. The minimum atomic E-state index is 0. The second-order valence-electron chi connectivity index (χ2n) is 0. The van der Waals surface area contributed by atoms with Gasteiger partial charge < -0.3 is 0 Å². The summed E-state index contributed by atoms with van der Waals surface area (Å²) in [6.45, 7) is 0. The van der Waals surface area contributed by atoms with Crippen molar-refractivity contribution in [3.8, 4) is 0 Å². The zero-order valence-electron chi connectivity index (χ0n) is 0.618. The topological polar surface area (TPSA) is 0 Å². The van der Waals surface area contributed by atoms with E-state index in [1.165, 1.54) is 0 Å². The molecule has 0 rings (SSSR count). The first kappa shape index (κ1) is 28.2. The third kappa shape index (κ3) is 8.88. The van der Waals surface area contributed by atoms with Gasteiger partial charge in [0.05, 0.1) is 0 Å². The summed E-state index contributed by atoms with van der Waals surface area (Å²) in [6.07, 6.45) is 0. The fourth-order valence-corrected chi connectivity index (χ4v) is 0. The molecule has 0 amide bonds. The second kappa shape index (κ2) is 16.7. The van der Waals surface area contributed by atoms with Gasteiger partial charge in [-0.15, -0.1) is 0 Å². The summed E-state index contributed by atoms with van der Waals surface area (Å²) in [7, 11) is 0. The summed E-state index contributed by atoms with van der Waals surface area (Å²) >= 11 is 0. The molecule has 0 atom stereocenters. The molecule has 0 aromatic rings. The van der Waals surface area contributed by atoms with Crippen molar-refractivity contribution >= 4 is 37.2 Å². The monoisotopic (exact) mass is 329 g/mol. The predicted octanol–water partition coefficient (Wildman–Crippen LogP) is -2.37. The van der Waals surface area contributed by atoms with Crippen LogP contribution in [0.3, 0.4) is 0 Å². The Morgan fingerprint density at radius 2 is 1.00 bits per heavy atom. The van der Waals surface area contributed by atoms with E-state index in [4.69, 9.17) is 0 Å². The molecule has 0 nitrogen and oxygen atoms in total. The molecule has 0 aromatic carbocycles. The summed E-state index contributed by atoms with van der Waals surface area (Å²) in [6, 6.07) is 0. The Bertz CT molecular complexity index is 8.00. The maximum absolute atomic E-state index is 0. The standard InChI is InChI=1S/Al.Cu.Dy.Ga.6H. The molecule has 0 aliphatic heterocycles. The van der Waals surface area contributed by atoms with Gasteiger partial charge in [-0.1, -0.05) is 0 Å². The average molecular weight is 329 g/mol. The summed E-state index contributed by atoms with van der Waals surface area (Å²) in [5, 5.41) is 0. The van der Waals surface area contributed by atoms with Gasteiger partial charge in [-0.3, -0.25) is 0 Å². The van der Waals surface area contributed by atoms with Crippen molar-refractivity contribution in [2.75, 3.05) is 0 Å². The first-order valence-electron chi connectivity index (χ1n) is 0. The summed E-state index contributed by atoms with van der Waals surface area (Å²) < 4.78 is 0. The molecule has 0 fully saturated rings. The summed E-state index contributed by atoms with van der Waals surface area (Å²) in [5.74, 6) is 0. The van der Waals surface area contributed by atoms with E-state index in [9.17, 15) is 0 Å². The molecule has 1 radical (unpaired) electrons. The SMILES string of the molecule is [AlH3].[Cu].[Dy].[GaH3]. The van der Waals surface area contributed by atoms with Gasteiger partial charge in [0.25, 0.3) is 0 Å². The van der Waals surface area contributed by atoms with Gasteiger partial charge in [0.2, 0.25) is 0 Å². The van der Waals surface area contributed by atoms with Crippen molar-refractivity contribution in [2.45, 2.75) is 0 Å². The van der Waals surface area contributed by atoms with Gasteiger partial charge >= 0.3 is 19.8 Å². The van der Waals surface area contributed by atoms with Gasteiger partial charge in [0.15, 0.2) is 17.4 Å². The predicted molar refractivity (Wildman–Crippen MR) is 19.9 cm³/mol. The van der Waals surface area contributed by atoms with E-state index in [2.05, 4.69) is 0 Å². The Labute approximate surface area is 90.5 Å². The molecule has 0 saturated carbocycles. The van der Waals surface area contributed by atoms with Gasteiger partial charge in [0, 0.05) is 55.2 Å². The van der Waals surface area contributed by atoms with Crippen LogP contribution in [0.15, 0.2) is 0 Å². The van der Waals surface area contributed by atoms with Gasteiger partial charge in [0.1, 0.15) is 0 Å². The first-order chi connectivity index (χ1) is 0. The average Bonchev–Trinajstić information content (AvgIpc) is 0. The Hall–Kier alpha value is 2.96. The molecule has 0 heterocycles. The third-order valence-corrected chi connectivity index (χ3v) is 0. The molecule has 0 bridgehead atoms. The van der Waals surface area contributed by atoms with Crippen LogP contribution < -0.4 is 0 Å². The second-order valence-corrected chi connectivity index (χ2v) is 0. The van der Waals surface area contributed by atoms with Crippen LogP contribution in [0.25, 0.3) is 0 Å². The zero-order valence-corrected chi connectivity index (χ0v) is 3.59. The van der Waals surface area contributed by atoms with E-state index in [0.29, 0.717) is 0 Å². The molecule has 4 heteroatoms. The molecule has 4 heavy (non-hydrogen) atoms. The Balaban J connectivity index is 0. The van der Waals surface area contributed by atoms with Gasteiger partial charge in [-0.2, -0.15) is 0 Å². The normalized spacial score (nSPS) is 0. The van der Waals surface area contributed by atoms with Gasteiger partial charge in [-0.05, 0) is 0 Å². The van der Waals surface area contributed by atoms with E-state index < -0.39 is 0 Å². The van der Waals surface area contributed by atoms with Crippen molar-refractivity contribution in [1.82, 2.24) is 0 Å². The number of hydrogen-bond donors (Lipinski definition) is 0. The van der Waals surface area contributed by atoms with E-state index in [0.717, 1.165) is 0 Å². The number of rotatable bonds is 0. The molecule has 0 saturated heterocycles. The molecule has 0 aliphatic carbocycles. The summed E-state index contributed by atoms with van der Waals surface area (Å²) in [4.78, 5) is 0. The van der Waals surface area contributed by atoms with Crippen molar-refractivity contribution in [1.29, 1.82) is 0 Å². The van der Waals surface area contributed by atoms with Crippen molar-refractivity contribution in [3.05, 3.63) is 0 Å². The summed E-state index contributed by atoms with van der Waals surface area (Å²) in [5.41, 5.74) is 0. The molecule has 0 spiro atoms. The van der Waals surface area contributed by atoms with Crippen LogP contribution in [0.4, 0.5) is 0 Å². The fraction of sp³-hybridized carbons (Fsp3) is 0. The van der Waals surface area contributed by atoms with Crippen LogP contribution in [-0.2, 0) is 17.1 Å². The van der Waals surface area contributed by atoms with Crippen LogP contribution >= 0.6 is 0 Å². The van der Waals surface area contributed by atoms with E-state index in [1.54, 1.807) is 0 Å². The molecule has 0 N–H and O–H groups in total.